The number of aliphatic carboxylic acids is 1. The van der Waals surface area contributed by atoms with Crippen LogP contribution in [-0.4, -0.2) is 23.7 Å². The SMILES string of the molecule is CCCCOC(=O)C(CC)CC(CC)C(=O)O. The van der Waals surface area contributed by atoms with Crippen LogP contribution in [0.4, 0.5) is 0 Å². The van der Waals surface area contributed by atoms with E-state index in [0.29, 0.717) is 25.9 Å². The summed E-state index contributed by atoms with van der Waals surface area (Å²) in [4.78, 5) is 22.6. The lowest BCUT2D eigenvalue weighted by atomic mass is 9.91. The lowest BCUT2D eigenvalue weighted by Crippen LogP contribution is -2.24. The van der Waals surface area contributed by atoms with Crippen molar-refractivity contribution in [3.05, 3.63) is 0 Å². The van der Waals surface area contributed by atoms with Crippen molar-refractivity contribution in [1.29, 1.82) is 0 Å². The van der Waals surface area contributed by atoms with Crippen LogP contribution in [-0.2, 0) is 14.3 Å². The number of hydrogen-bond donors (Lipinski definition) is 1. The second kappa shape index (κ2) is 9.02. The van der Waals surface area contributed by atoms with Crippen LogP contribution in [0.2, 0.25) is 0 Å². The number of unbranched alkanes of at least 4 members (excludes halogenated alkanes) is 1. The van der Waals surface area contributed by atoms with Gasteiger partial charge in [0, 0.05) is 0 Å². The molecule has 0 aliphatic rings. The third kappa shape index (κ3) is 6.29. The number of hydrogen-bond acceptors (Lipinski definition) is 3. The number of carboxylic acid groups (broad SMARTS) is 1. The Labute approximate surface area is 103 Å². The van der Waals surface area contributed by atoms with Crippen LogP contribution in [0, 0.1) is 11.8 Å². The maximum atomic E-state index is 11.7. The number of carboxylic acids is 1. The van der Waals surface area contributed by atoms with E-state index in [9.17, 15) is 9.59 Å². The number of carbonyl (C=O) groups excluding carboxylic acids is 1. The van der Waals surface area contributed by atoms with Gasteiger partial charge in [-0.1, -0.05) is 27.2 Å². The fourth-order valence-corrected chi connectivity index (χ4v) is 1.65. The van der Waals surface area contributed by atoms with Crippen molar-refractivity contribution in [2.75, 3.05) is 6.61 Å². The third-order valence-corrected chi connectivity index (χ3v) is 2.98. The molecular weight excluding hydrogens is 220 g/mol. The summed E-state index contributed by atoms with van der Waals surface area (Å²) in [5, 5.41) is 8.96. The first-order valence-electron chi connectivity index (χ1n) is 6.46. The second-order valence-electron chi connectivity index (χ2n) is 4.31. The smallest absolute Gasteiger partial charge is 0.308 e. The van der Waals surface area contributed by atoms with E-state index >= 15 is 0 Å². The molecule has 0 aromatic rings. The monoisotopic (exact) mass is 244 g/mol. The average Bonchev–Trinajstić information content (AvgIpc) is 2.30. The van der Waals surface area contributed by atoms with E-state index in [4.69, 9.17) is 9.84 Å². The molecule has 2 atom stereocenters. The van der Waals surface area contributed by atoms with Gasteiger partial charge in [-0.25, -0.2) is 0 Å². The molecule has 0 amide bonds. The fourth-order valence-electron chi connectivity index (χ4n) is 1.65. The molecule has 0 radical (unpaired) electrons. The van der Waals surface area contributed by atoms with Gasteiger partial charge in [0.1, 0.15) is 0 Å². The van der Waals surface area contributed by atoms with Gasteiger partial charge in [-0.2, -0.15) is 0 Å². The van der Waals surface area contributed by atoms with Gasteiger partial charge in [0.25, 0.3) is 0 Å². The maximum Gasteiger partial charge on any atom is 0.308 e. The Kier molecular flexibility index (Phi) is 8.46. The van der Waals surface area contributed by atoms with Crippen LogP contribution in [0.5, 0.6) is 0 Å². The van der Waals surface area contributed by atoms with Crippen molar-refractivity contribution in [2.24, 2.45) is 11.8 Å². The molecule has 0 aliphatic heterocycles. The summed E-state index contributed by atoms with van der Waals surface area (Å²) in [5.41, 5.74) is 0. The van der Waals surface area contributed by atoms with Crippen LogP contribution in [0.1, 0.15) is 52.9 Å². The molecule has 0 spiro atoms. The van der Waals surface area contributed by atoms with E-state index in [1.807, 2.05) is 20.8 Å². The lowest BCUT2D eigenvalue weighted by molar-refractivity contribution is -0.150. The van der Waals surface area contributed by atoms with E-state index < -0.39 is 11.9 Å². The van der Waals surface area contributed by atoms with Crippen molar-refractivity contribution in [2.45, 2.75) is 52.9 Å². The molecule has 0 saturated carbocycles. The van der Waals surface area contributed by atoms with Gasteiger partial charge in [0.15, 0.2) is 0 Å². The van der Waals surface area contributed by atoms with Crippen LogP contribution in [0.3, 0.4) is 0 Å². The Morgan fingerprint density at radius 2 is 1.71 bits per heavy atom. The first kappa shape index (κ1) is 15.9. The summed E-state index contributed by atoms with van der Waals surface area (Å²) in [6.45, 7) is 6.19. The van der Waals surface area contributed by atoms with Gasteiger partial charge in [-0.05, 0) is 25.7 Å². The fraction of sp³-hybridized carbons (Fsp3) is 0.846. The van der Waals surface area contributed by atoms with Gasteiger partial charge >= 0.3 is 11.9 Å². The minimum absolute atomic E-state index is 0.249. The van der Waals surface area contributed by atoms with Crippen molar-refractivity contribution < 1.29 is 19.4 Å². The highest BCUT2D eigenvalue weighted by Crippen LogP contribution is 2.20. The predicted octanol–water partition coefficient (Wildman–Crippen LogP) is 2.86. The molecule has 2 unspecified atom stereocenters. The summed E-state index contributed by atoms with van der Waals surface area (Å²) < 4.78 is 5.13. The molecule has 0 aromatic heterocycles. The highest BCUT2D eigenvalue weighted by atomic mass is 16.5. The Hall–Kier alpha value is -1.06. The van der Waals surface area contributed by atoms with Crippen LogP contribution in [0.25, 0.3) is 0 Å². The van der Waals surface area contributed by atoms with Crippen LogP contribution < -0.4 is 0 Å². The zero-order valence-corrected chi connectivity index (χ0v) is 11.1. The van der Waals surface area contributed by atoms with E-state index in [-0.39, 0.29) is 11.9 Å². The zero-order chi connectivity index (χ0) is 13.3. The second-order valence-corrected chi connectivity index (χ2v) is 4.31. The Morgan fingerprint density at radius 1 is 1.12 bits per heavy atom. The molecular formula is C13H24O4. The van der Waals surface area contributed by atoms with Gasteiger partial charge in [0.2, 0.25) is 0 Å². The molecule has 4 nitrogen and oxygen atoms in total. The summed E-state index contributed by atoms with van der Waals surface area (Å²) >= 11 is 0. The Morgan fingerprint density at radius 3 is 2.12 bits per heavy atom. The average molecular weight is 244 g/mol. The maximum absolute atomic E-state index is 11.7. The van der Waals surface area contributed by atoms with E-state index in [1.54, 1.807) is 0 Å². The summed E-state index contributed by atoms with van der Waals surface area (Å²) in [5.74, 6) is -1.81. The summed E-state index contributed by atoms with van der Waals surface area (Å²) in [6.07, 6.45) is 3.41. The first-order chi connectivity index (χ1) is 8.06. The third-order valence-electron chi connectivity index (χ3n) is 2.98. The van der Waals surface area contributed by atoms with E-state index in [1.165, 1.54) is 0 Å². The standard InChI is InChI=1S/C13H24O4/c1-4-7-8-17-13(16)11(6-3)9-10(5-2)12(14)15/h10-11H,4-9H2,1-3H3,(H,14,15). The quantitative estimate of drug-likeness (QED) is 0.500. The predicted molar refractivity (Wildman–Crippen MR) is 65.7 cm³/mol. The molecule has 0 rings (SSSR count). The van der Waals surface area contributed by atoms with E-state index in [2.05, 4.69) is 0 Å². The number of carbonyl (C=O) groups is 2. The van der Waals surface area contributed by atoms with Crippen LogP contribution in [0.15, 0.2) is 0 Å². The van der Waals surface area contributed by atoms with Gasteiger partial charge in [-0.3, -0.25) is 9.59 Å². The molecule has 0 fully saturated rings. The number of esters is 1. The van der Waals surface area contributed by atoms with Crippen molar-refractivity contribution >= 4 is 11.9 Å². The van der Waals surface area contributed by atoms with E-state index in [0.717, 1.165) is 12.8 Å². The molecule has 0 aliphatic carbocycles. The molecule has 0 bridgehead atoms. The molecule has 4 heteroatoms. The molecule has 100 valence electrons. The molecule has 17 heavy (non-hydrogen) atoms. The summed E-state index contributed by atoms with van der Waals surface area (Å²) in [7, 11) is 0. The van der Waals surface area contributed by atoms with Gasteiger partial charge < -0.3 is 9.84 Å². The van der Waals surface area contributed by atoms with Crippen molar-refractivity contribution in [3.8, 4) is 0 Å². The zero-order valence-electron chi connectivity index (χ0n) is 11.1. The van der Waals surface area contributed by atoms with Crippen LogP contribution >= 0.6 is 0 Å². The van der Waals surface area contributed by atoms with Gasteiger partial charge in [0.05, 0.1) is 18.4 Å². The molecule has 0 heterocycles. The number of ether oxygens (including phenoxy) is 1. The highest BCUT2D eigenvalue weighted by Gasteiger charge is 2.25. The Bertz CT molecular complexity index is 238. The largest absolute Gasteiger partial charge is 0.481 e. The number of rotatable bonds is 9. The Balaban J connectivity index is 4.20. The van der Waals surface area contributed by atoms with Gasteiger partial charge in [-0.15, -0.1) is 0 Å². The normalized spacial score (nSPS) is 14.1. The first-order valence-corrected chi connectivity index (χ1v) is 6.46. The summed E-state index contributed by atoms with van der Waals surface area (Å²) in [6, 6.07) is 0. The van der Waals surface area contributed by atoms with Crippen molar-refractivity contribution in [3.63, 3.8) is 0 Å². The van der Waals surface area contributed by atoms with Crippen molar-refractivity contribution in [1.82, 2.24) is 0 Å². The topological polar surface area (TPSA) is 63.6 Å². The molecule has 0 saturated heterocycles. The lowest BCUT2D eigenvalue weighted by Gasteiger charge is -2.17. The minimum atomic E-state index is -0.827. The highest BCUT2D eigenvalue weighted by molar-refractivity contribution is 5.75. The molecule has 1 N–H and O–H groups in total. The minimum Gasteiger partial charge on any atom is -0.481 e. The molecule has 0 aromatic carbocycles.